The van der Waals surface area contributed by atoms with Gasteiger partial charge in [-0.05, 0) is 42.8 Å². The van der Waals surface area contributed by atoms with Crippen molar-refractivity contribution in [2.45, 2.75) is 11.8 Å². The molecule has 0 radical (unpaired) electrons. The van der Waals surface area contributed by atoms with Crippen molar-refractivity contribution >= 4 is 21.6 Å². The highest BCUT2D eigenvalue weighted by molar-refractivity contribution is 7.92. The van der Waals surface area contributed by atoms with Gasteiger partial charge in [0, 0.05) is 5.56 Å². The lowest BCUT2D eigenvalue weighted by Crippen LogP contribution is -2.31. The second-order valence-electron chi connectivity index (χ2n) is 5.42. The van der Waals surface area contributed by atoms with Crippen LogP contribution in [0.4, 0.5) is 5.69 Å². The van der Waals surface area contributed by atoms with Gasteiger partial charge in [0.25, 0.3) is 15.9 Å². The first-order valence-corrected chi connectivity index (χ1v) is 9.09. The second kappa shape index (κ2) is 8.15. The van der Waals surface area contributed by atoms with E-state index in [1.165, 1.54) is 24.3 Å². The fourth-order valence-electron chi connectivity index (χ4n) is 2.22. The Morgan fingerprint density at radius 1 is 1.04 bits per heavy atom. The molecule has 0 spiro atoms. The smallest absolute Gasteiger partial charge is 0.261 e. The van der Waals surface area contributed by atoms with Gasteiger partial charge in [-0.1, -0.05) is 18.2 Å². The van der Waals surface area contributed by atoms with E-state index in [2.05, 4.69) is 4.72 Å². The summed E-state index contributed by atoms with van der Waals surface area (Å²) >= 11 is 0. The highest BCUT2D eigenvalue weighted by Gasteiger charge is 2.18. The minimum atomic E-state index is -3.80. The van der Waals surface area contributed by atoms with Crippen molar-refractivity contribution in [1.29, 1.82) is 10.5 Å². The van der Waals surface area contributed by atoms with E-state index in [1.54, 1.807) is 25.1 Å². The maximum absolute atomic E-state index is 12.5. The minimum Gasteiger partial charge on any atom is -0.312 e. The molecule has 1 amide bonds. The van der Waals surface area contributed by atoms with E-state index in [1.807, 2.05) is 18.2 Å². The number of benzene rings is 2. The zero-order chi connectivity index (χ0) is 19.2. The van der Waals surface area contributed by atoms with E-state index in [0.717, 1.165) is 10.5 Å². The third-order valence-electron chi connectivity index (χ3n) is 3.61. The third-order valence-corrected chi connectivity index (χ3v) is 4.99. The van der Waals surface area contributed by atoms with Crippen molar-refractivity contribution in [2.75, 3.05) is 17.8 Å². The Labute approximate surface area is 152 Å². The fraction of sp³-hybridized carbons (Fsp3) is 0.167. The van der Waals surface area contributed by atoms with Gasteiger partial charge in [0.05, 0.1) is 22.7 Å². The van der Waals surface area contributed by atoms with Crippen LogP contribution < -0.4 is 4.72 Å². The first-order chi connectivity index (χ1) is 12.4. The van der Waals surface area contributed by atoms with Crippen LogP contribution in [0.3, 0.4) is 0 Å². The van der Waals surface area contributed by atoms with E-state index in [9.17, 15) is 13.2 Å². The molecule has 8 heteroatoms. The Morgan fingerprint density at radius 2 is 1.62 bits per heavy atom. The van der Waals surface area contributed by atoms with E-state index < -0.39 is 15.9 Å². The number of anilines is 1. The van der Waals surface area contributed by atoms with Gasteiger partial charge >= 0.3 is 0 Å². The molecule has 26 heavy (non-hydrogen) atoms. The molecule has 0 bridgehead atoms. The van der Waals surface area contributed by atoms with Crippen LogP contribution in [0.2, 0.25) is 0 Å². The zero-order valence-electron chi connectivity index (χ0n) is 14.0. The number of carbonyl (C=O) groups is 1. The highest BCUT2D eigenvalue weighted by atomic mass is 32.2. The molecule has 0 saturated carbocycles. The second-order valence-corrected chi connectivity index (χ2v) is 7.10. The average Bonchev–Trinajstić information content (AvgIpc) is 2.63. The molecule has 132 valence electrons. The molecule has 0 heterocycles. The lowest BCUT2D eigenvalue weighted by molar-refractivity contribution is 0.0794. The van der Waals surface area contributed by atoms with Gasteiger partial charge in [0.1, 0.15) is 13.1 Å². The number of hydrogen-bond donors (Lipinski definition) is 1. The summed E-state index contributed by atoms with van der Waals surface area (Å²) in [5.74, 6) is -0.510. The average molecular weight is 368 g/mol. The van der Waals surface area contributed by atoms with E-state index >= 15 is 0 Å². The largest absolute Gasteiger partial charge is 0.312 e. The van der Waals surface area contributed by atoms with Gasteiger partial charge in [0.2, 0.25) is 0 Å². The number of carbonyl (C=O) groups excluding carboxylic acids is 1. The lowest BCUT2D eigenvalue weighted by atomic mass is 10.2. The Balaban J connectivity index is 2.23. The van der Waals surface area contributed by atoms with Crippen LogP contribution in [0.15, 0.2) is 53.4 Å². The SMILES string of the molecule is Cc1ccccc1NS(=O)(=O)c1ccc(C(=O)N(CC#N)CC#N)cc1. The van der Waals surface area contributed by atoms with Crippen LogP contribution >= 0.6 is 0 Å². The van der Waals surface area contributed by atoms with Crippen molar-refractivity contribution in [2.24, 2.45) is 0 Å². The summed E-state index contributed by atoms with van der Waals surface area (Å²) < 4.78 is 27.5. The molecule has 2 rings (SSSR count). The molecule has 0 aliphatic rings. The van der Waals surface area contributed by atoms with E-state index in [4.69, 9.17) is 10.5 Å². The van der Waals surface area contributed by atoms with Crippen molar-refractivity contribution in [3.8, 4) is 12.1 Å². The maximum atomic E-state index is 12.5. The van der Waals surface area contributed by atoms with Crippen molar-refractivity contribution < 1.29 is 13.2 Å². The zero-order valence-corrected chi connectivity index (χ0v) is 14.8. The van der Waals surface area contributed by atoms with Crippen LogP contribution in [0, 0.1) is 29.6 Å². The summed E-state index contributed by atoms with van der Waals surface area (Å²) in [7, 11) is -3.80. The lowest BCUT2D eigenvalue weighted by Gasteiger charge is -2.16. The summed E-state index contributed by atoms with van der Waals surface area (Å²) in [5, 5.41) is 17.5. The normalized spacial score (nSPS) is 10.4. The first kappa shape index (κ1) is 19.0. The molecule has 0 aliphatic heterocycles. The van der Waals surface area contributed by atoms with Gasteiger partial charge in [-0.2, -0.15) is 10.5 Å². The number of aryl methyl sites for hydroxylation is 1. The standard InChI is InChI=1S/C18H16N4O3S/c1-14-4-2-3-5-17(14)21-26(24,25)16-8-6-15(7-9-16)18(23)22(12-10-19)13-11-20/h2-9,21H,12-13H2,1H3. The summed E-state index contributed by atoms with van der Waals surface area (Å²) in [6.45, 7) is 1.35. The molecule has 2 aromatic rings. The minimum absolute atomic E-state index is 0.00409. The number of rotatable bonds is 6. The first-order valence-electron chi connectivity index (χ1n) is 7.60. The molecule has 0 unspecified atom stereocenters. The topological polar surface area (TPSA) is 114 Å². The van der Waals surface area contributed by atoms with E-state index in [0.29, 0.717) is 5.69 Å². The maximum Gasteiger partial charge on any atom is 0.261 e. The van der Waals surface area contributed by atoms with Gasteiger partial charge in [-0.25, -0.2) is 8.42 Å². The Hall–Kier alpha value is -3.36. The number of nitriles is 2. The number of sulfonamides is 1. The quantitative estimate of drug-likeness (QED) is 0.786. The number of para-hydroxylation sites is 1. The summed E-state index contributed by atoms with van der Waals surface area (Å²) in [4.78, 5) is 13.4. The van der Waals surface area contributed by atoms with E-state index in [-0.39, 0.29) is 23.5 Å². The molecule has 1 N–H and O–H groups in total. The molecule has 2 aromatic carbocycles. The summed E-state index contributed by atoms with van der Waals surface area (Å²) in [6.07, 6.45) is 0. The molecule has 7 nitrogen and oxygen atoms in total. The summed E-state index contributed by atoms with van der Waals surface area (Å²) in [6, 6.07) is 16.0. The molecular weight excluding hydrogens is 352 g/mol. The van der Waals surface area contributed by atoms with Gasteiger partial charge in [0.15, 0.2) is 0 Å². The fourth-order valence-corrected chi connectivity index (χ4v) is 3.35. The van der Waals surface area contributed by atoms with Crippen LogP contribution in [-0.2, 0) is 10.0 Å². The molecule has 0 aliphatic carbocycles. The Bertz CT molecular complexity index is 970. The van der Waals surface area contributed by atoms with Crippen LogP contribution in [0.25, 0.3) is 0 Å². The number of nitrogens with one attached hydrogen (secondary N) is 1. The Morgan fingerprint density at radius 3 is 2.15 bits per heavy atom. The molecular formula is C18H16N4O3S. The summed E-state index contributed by atoms with van der Waals surface area (Å²) in [5.41, 5.74) is 1.46. The van der Waals surface area contributed by atoms with Gasteiger partial charge < -0.3 is 4.90 Å². The highest BCUT2D eigenvalue weighted by Crippen LogP contribution is 2.20. The molecule has 0 aromatic heterocycles. The molecule has 0 fully saturated rings. The van der Waals surface area contributed by atoms with Crippen LogP contribution in [0.1, 0.15) is 15.9 Å². The van der Waals surface area contributed by atoms with Crippen molar-refractivity contribution in [3.63, 3.8) is 0 Å². The van der Waals surface area contributed by atoms with Gasteiger partial charge in [-0.3, -0.25) is 9.52 Å². The molecule has 0 saturated heterocycles. The number of amides is 1. The predicted molar refractivity (Wildman–Crippen MR) is 95.6 cm³/mol. The predicted octanol–water partition coefficient (Wildman–Crippen LogP) is 2.29. The van der Waals surface area contributed by atoms with Crippen molar-refractivity contribution in [1.82, 2.24) is 4.90 Å². The number of nitrogens with zero attached hydrogens (tertiary/aromatic N) is 3. The monoisotopic (exact) mass is 368 g/mol. The Kier molecular flexibility index (Phi) is 5.94. The van der Waals surface area contributed by atoms with Crippen LogP contribution in [0.5, 0.6) is 0 Å². The molecule has 0 atom stereocenters. The number of hydrogen-bond acceptors (Lipinski definition) is 5. The van der Waals surface area contributed by atoms with Gasteiger partial charge in [-0.15, -0.1) is 0 Å². The third kappa shape index (κ3) is 4.38. The van der Waals surface area contributed by atoms with Crippen LogP contribution in [-0.4, -0.2) is 32.3 Å². The van der Waals surface area contributed by atoms with Crippen molar-refractivity contribution in [3.05, 3.63) is 59.7 Å².